The Morgan fingerprint density at radius 2 is 2.12 bits per heavy atom. The molecule has 1 saturated heterocycles. The summed E-state index contributed by atoms with van der Waals surface area (Å²) in [6.45, 7) is 5.91. The van der Waals surface area contributed by atoms with Crippen LogP contribution in [0, 0.1) is 0 Å². The number of carbonyl (C=O) groups is 1. The fourth-order valence-electron chi connectivity index (χ4n) is 4.07. The van der Waals surface area contributed by atoms with Crippen LogP contribution in [0.25, 0.3) is 0 Å². The Morgan fingerprint density at radius 3 is 2.88 bits per heavy atom. The number of aliphatic hydroxyl groups excluding tert-OH is 1. The van der Waals surface area contributed by atoms with E-state index in [1.165, 1.54) is 5.69 Å². The molecule has 2 aliphatic heterocycles. The highest BCUT2D eigenvalue weighted by Gasteiger charge is 2.31. The monoisotopic (exact) mass is 358 g/mol. The molecule has 0 unspecified atom stereocenters. The van der Waals surface area contributed by atoms with E-state index in [1.807, 2.05) is 11.0 Å². The highest BCUT2D eigenvalue weighted by Crippen LogP contribution is 2.30. The van der Waals surface area contributed by atoms with Crippen LogP contribution >= 0.6 is 0 Å². The van der Waals surface area contributed by atoms with E-state index in [0.29, 0.717) is 24.5 Å². The minimum atomic E-state index is -0.192. The van der Waals surface area contributed by atoms with Gasteiger partial charge in [-0.1, -0.05) is 12.1 Å². The summed E-state index contributed by atoms with van der Waals surface area (Å²) in [4.78, 5) is 17.1. The third kappa shape index (κ3) is 3.29. The van der Waals surface area contributed by atoms with Gasteiger partial charge in [-0.25, -0.2) is 0 Å². The second-order valence-corrected chi connectivity index (χ2v) is 7.23. The highest BCUT2D eigenvalue weighted by atomic mass is 16.5. The first-order chi connectivity index (χ1) is 12.7. The molecule has 26 heavy (non-hydrogen) atoms. The number of hydrogen-bond acceptors (Lipinski definition) is 5. The van der Waals surface area contributed by atoms with E-state index in [1.54, 1.807) is 6.07 Å². The molecule has 1 N–H and O–H groups in total. The summed E-state index contributed by atoms with van der Waals surface area (Å²) in [7, 11) is 0. The number of fused-ring (bicyclic) bond motifs is 1. The fraction of sp³-hybridized carbons (Fsp3) is 0.579. The van der Waals surface area contributed by atoms with E-state index >= 15 is 0 Å². The van der Waals surface area contributed by atoms with Crippen molar-refractivity contribution in [3.05, 3.63) is 41.5 Å². The topological polar surface area (TPSA) is 74.7 Å². The molecule has 2 aliphatic rings. The van der Waals surface area contributed by atoms with Crippen molar-refractivity contribution < 1.29 is 14.4 Å². The predicted octanol–water partition coefficient (Wildman–Crippen LogP) is 2.04. The van der Waals surface area contributed by atoms with E-state index in [0.717, 1.165) is 38.9 Å². The maximum absolute atomic E-state index is 13.0. The molecule has 1 amide bonds. The van der Waals surface area contributed by atoms with Gasteiger partial charge in [-0.05, 0) is 31.4 Å². The van der Waals surface area contributed by atoms with Crippen LogP contribution in [0.3, 0.4) is 0 Å². The van der Waals surface area contributed by atoms with Gasteiger partial charge in [-0.3, -0.25) is 9.69 Å². The number of aromatic nitrogens is 2. The zero-order valence-electron chi connectivity index (χ0n) is 15.2. The molecule has 0 radical (unpaired) electrons. The van der Waals surface area contributed by atoms with Crippen molar-refractivity contribution in [1.82, 2.24) is 19.5 Å². The lowest BCUT2D eigenvalue weighted by atomic mass is 10.1. The van der Waals surface area contributed by atoms with Crippen molar-refractivity contribution in [1.29, 1.82) is 0 Å². The van der Waals surface area contributed by atoms with Crippen LogP contribution in [-0.2, 0) is 13.1 Å². The van der Waals surface area contributed by atoms with Crippen LogP contribution in [0.4, 0.5) is 0 Å². The maximum atomic E-state index is 13.0. The first-order valence-corrected chi connectivity index (χ1v) is 9.47. The molecule has 0 aromatic carbocycles. The summed E-state index contributed by atoms with van der Waals surface area (Å²) < 4.78 is 7.64. The quantitative estimate of drug-likeness (QED) is 0.905. The Bertz CT molecular complexity index is 760. The number of piperidine rings is 1. The molecule has 2 aromatic heterocycles. The van der Waals surface area contributed by atoms with Gasteiger partial charge in [0.2, 0.25) is 0 Å². The Hall–Kier alpha value is -2.12. The largest absolute Gasteiger partial charge is 0.393 e. The number of hydrogen-bond donors (Lipinski definition) is 1. The normalized spacial score (nSPS) is 21.8. The van der Waals surface area contributed by atoms with Crippen molar-refractivity contribution in [2.45, 2.75) is 51.4 Å². The van der Waals surface area contributed by atoms with E-state index in [4.69, 9.17) is 4.52 Å². The number of carbonyl (C=O) groups excluding carboxylic acids is 1. The maximum Gasteiger partial charge on any atom is 0.276 e. The third-order valence-corrected chi connectivity index (χ3v) is 5.53. The smallest absolute Gasteiger partial charge is 0.276 e. The minimum Gasteiger partial charge on any atom is -0.393 e. The van der Waals surface area contributed by atoms with Crippen LogP contribution in [0.5, 0.6) is 0 Å². The van der Waals surface area contributed by atoms with E-state index < -0.39 is 0 Å². The second-order valence-electron chi connectivity index (χ2n) is 7.23. The van der Waals surface area contributed by atoms with Crippen molar-refractivity contribution >= 4 is 5.91 Å². The summed E-state index contributed by atoms with van der Waals surface area (Å²) in [6, 6.07) is 5.98. The number of nitrogens with zero attached hydrogens (tertiary/aromatic N) is 4. The molecule has 0 spiro atoms. The third-order valence-electron chi connectivity index (χ3n) is 5.53. The average molecular weight is 358 g/mol. The summed E-state index contributed by atoms with van der Waals surface area (Å²) >= 11 is 0. The first-order valence-electron chi connectivity index (χ1n) is 9.47. The molecular weight excluding hydrogens is 332 g/mol. The van der Waals surface area contributed by atoms with Gasteiger partial charge in [0.1, 0.15) is 0 Å². The Morgan fingerprint density at radius 1 is 1.31 bits per heavy atom. The van der Waals surface area contributed by atoms with Gasteiger partial charge in [0.05, 0.1) is 18.7 Å². The number of rotatable bonds is 4. The van der Waals surface area contributed by atoms with Gasteiger partial charge < -0.3 is 19.1 Å². The van der Waals surface area contributed by atoms with Gasteiger partial charge in [0.15, 0.2) is 11.5 Å². The SMILES string of the molecule is CC[C@@H]1c2cccn2CCN1C(=O)c1cc(CN2CCC(O)CC2)on1. The molecule has 1 atom stereocenters. The molecular formula is C19H26N4O3. The zero-order chi connectivity index (χ0) is 18.1. The standard InChI is InChI=1S/C19H26N4O3/c1-2-17-18-4-3-7-22(18)10-11-23(17)19(25)16-12-15(26-20-16)13-21-8-5-14(24)6-9-21/h3-4,7,12,14,17,24H,2,5-6,8-11,13H2,1H3/t17-/m1/s1. The van der Waals surface area contributed by atoms with Gasteiger partial charge in [0, 0.05) is 44.1 Å². The summed E-state index contributed by atoms with van der Waals surface area (Å²) in [5.74, 6) is 0.645. The van der Waals surface area contributed by atoms with Gasteiger partial charge in [-0.2, -0.15) is 0 Å². The van der Waals surface area contributed by atoms with E-state index in [-0.39, 0.29) is 18.1 Å². The van der Waals surface area contributed by atoms with Crippen LogP contribution in [0.15, 0.2) is 28.9 Å². The molecule has 0 bridgehead atoms. The molecule has 1 fully saturated rings. The molecule has 0 aliphatic carbocycles. The van der Waals surface area contributed by atoms with Gasteiger partial charge >= 0.3 is 0 Å². The van der Waals surface area contributed by atoms with E-state index in [9.17, 15) is 9.90 Å². The lowest BCUT2D eigenvalue weighted by Crippen LogP contribution is -2.41. The van der Waals surface area contributed by atoms with Crippen LogP contribution < -0.4 is 0 Å². The zero-order valence-corrected chi connectivity index (χ0v) is 15.2. The Balaban J connectivity index is 1.45. The first kappa shape index (κ1) is 17.3. The predicted molar refractivity (Wildman–Crippen MR) is 95.5 cm³/mol. The van der Waals surface area contributed by atoms with Crippen LogP contribution in [0.2, 0.25) is 0 Å². The summed E-state index contributed by atoms with van der Waals surface area (Å²) in [5, 5.41) is 13.6. The molecule has 4 rings (SSSR count). The van der Waals surface area contributed by atoms with Crippen LogP contribution in [0.1, 0.15) is 54.2 Å². The Labute approximate surface area is 153 Å². The fourth-order valence-corrected chi connectivity index (χ4v) is 4.07. The molecule has 4 heterocycles. The van der Waals surface area contributed by atoms with Gasteiger partial charge in [-0.15, -0.1) is 0 Å². The van der Waals surface area contributed by atoms with Crippen molar-refractivity contribution in [2.24, 2.45) is 0 Å². The van der Waals surface area contributed by atoms with Crippen molar-refractivity contribution in [3.63, 3.8) is 0 Å². The lowest BCUT2D eigenvalue weighted by Gasteiger charge is -2.36. The Kier molecular flexibility index (Phi) is 4.82. The highest BCUT2D eigenvalue weighted by molar-refractivity contribution is 5.92. The van der Waals surface area contributed by atoms with Crippen molar-refractivity contribution in [3.8, 4) is 0 Å². The number of aliphatic hydroxyl groups is 1. The number of likely N-dealkylation sites (tertiary alicyclic amines) is 1. The lowest BCUT2D eigenvalue weighted by molar-refractivity contribution is 0.0606. The van der Waals surface area contributed by atoms with E-state index in [2.05, 4.69) is 33.8 Å². The average Bonchev–Trinajstić information content (AvgIpc) is 3.31. The second kappa shape index (κ2) is 7.25. The summed E-state index contributed by atoms with van der Waals surface area (Å²) in [6.07, 6.45) is 4.32. The van der Waals surface area contributed by atoms with Crippen molar-refractivity contribution in [2.75, 3.05) is 19.6 Å². The molecule has 140 valence electrons. The number of amides is 1. The summed E-state index contributed by atoms with van der Waals surface area (Å²) in [5.41, 5.74) is 1.57. The van der Waals surface area contributed by atoms with Crippen LogP contribution in [-0.4, -0.2) is 56.3 Å². The molecule has 7 heteroatoms. The molecule has 0 saturated carbocycles. The molecule has 7 nitrogen and oxygen atoms in total. The van der Waals surface area contributed by atoms with Gasteiger partial charge in [0.25, 0.3) is 5.91 Å². The minimum absolute atomic E-state index is 0.0617. The molecule has 2 aromatic rings.